The Labute approximate surface area is 96.7 Å². The summed E-state index contributed by atoms with van der Waals surface area (Å²) in [5.41, 5.74) is 2.49. The van der Waals surface area contributed by atoms with Crippen LogP contribution < -0.4 is 5.32 Å². The van der Waals surface area contributed by atoms with Gasteiger partial charge in [0.1, 0.15) is 0 Å². The van der Waals surface area contributed by atoms with E-state index < -0.39 is 0 Å². The van der Waals surface area contributed by atoms with Crippen molar-refractivity contribution in [3.63, 3.8) is 0 Å². The van der Waals surface area contributed by atoms with E-state index in [9.17, 15) is 0 Å². The van der Waals surface area contributed by atoms with Crippen molar-refractivity contribution in [3.8, 4) is 0 Å². The second-order valence-electron chi connectivity index (χ2n) is 4.22. The van der Waals surface area contributed by atoms with Crippen LogP contribution in [0.25, 0.3) is 10.9 Å². The van der Waals surface area contributed by atoms with E-state index in [4.69, 9.17) is 0 Å². The average Bonchev–Trinajstić information content (AvgIpc) is 2.35. The number of rotatable bonds is 4. The fourth-order valence-electron chi connectivity index (χ4n) is 1.89. The summed E-state index contributed by atoms with van der Waals surface area (Å²) in [5, 5.41) is 4.55. The first-order valence-corrected chi connectivity index (χ1v) is 5.81. The first kappa shape index (κ1) is 11.1. The first-order valence-electron chi connectivity index (χ1n) is 5.81. The smallest absolute Gasteiger partial charge is 0.0704 e. The molecule has 84 valence electrons. The van der Waals surface area contributed by atoms with Crippen LogP contribution in [-0.4, -0.2) is 18.1 Å². The predicted molar refractivity (Wildman–Crippen MR) is 68.6 cm³/mol. The molecule has 2 nitrogen and oxygen atoms in total. The van der Waals surface area contributed by atoms with E-state index in [0.717, 1.165) is 18.4 Å². The van der Waals surface area contributed by atoms with Crippen molar-refractivity contribution in [2.45, 2.75) is 25.8 Å². The number of fused-ring (bicyclic) bond motifs is 1. The van der Waals surface area contributed by atoms with Crippen molar-refractivity contribution < 1.29 is 0 Å². The Hall–Kier alpha value is -1.41. The van der Waals surface area contributed by atoms with Crippen molar-refractivity contribution in [1.82, 2.24) is 10.3 Å². The number of hydrogen-bond acceptors (Lipinski definition) is 2. The minimum absolute atomic E-state index is 0.562. The van der Waals surface area contributed by atoms with Gasteiger partial charge in [-0.05, 0) is 44.5 Å². The molecule has 0 aliphatic rings. The molecule has 1 aromatic heterocycles. The number of nitrogens with zero attached hydrogens (tertiary/aromatic N) is 1. The van der Waals surface area contributed by atoms with Crippen LogP contribution in [0.4, 0.5) is 0 Å². The average molecular weight is 214 g/mol. The zero-order valence-electron chi connectivity index (χ0n) is 9.90. The molecule has 0 spiro atoms. The standard InChI is InChI=1S/C14H18N2/c1-11(15-2)7-8-12-9-10-16-14-6-4-3-5-13(12)14/h3-6,9-11,15H,7-8H2,1-2H3. The molecule has 1 heterocycles. The Bertz CT molecular complexity index is 460. The molecule has 0 aliphatic carbocycles. The zero-order chi connectivity index (χ0) is 11.4. The molecule has 0 saturated heterocycles. The Morgan fingerprint density at radius 2 is 2.06 bits per heavy atom. The maximum atomic E-state index is 4.37. The predicted octanol–water partition coefficient (Wildman–Crippen LogP) is 2.78. The summed E-state index contributed by atoms with van der Waals surface area (Å²) in [5.74, 6) is 0. The topological polar surface area (TPSA) is 24.9 Å². The highest BCUT2D eigenvalue weighted by Crippen LogP contribution is 2.17. The lowest BCUT2D eigenvalue weighted by Crippen LogP contribution is -2.21. The highest BCUT2D eigenvalue weighted by Gasteiger charge is 2.03. The summed E-state index contributed by atoms with van der Waals surface area (Å²) >= 11 is 0. The minimum Gasteiger partial charge on any atom is -0.317 e. The van der Waals surface area contributed by atoms with Crippen LogP contribution in [0.1, 0.15) is 18.9 Å². The van der Waals surface area contributed by atoms with E-state index in [1.807, 2.05) is 19.3 Å². The van der Waals surface area contributed by atoms with Gasteiger partial charge in [0, 0.05) is 17.6 Å². The van der Waals surface area contributed by atoms with Gasteiger partial charge in [-0.1, -0.05) is 18.2 Å². The van der Waals surface area contributed by atoms with E-state index in [-0.39, 0.29) is 0 Å². The number of benzene rings is 1. The quantitative estimate of drug-likeness (QED) is 0.846. The lowest BCUT2D eigenvalue weighted by atomic mass is 10.0. The van der Waals surface area contributed by atoms with Crippen LogP contribution in [0.15, 0.2) is 36.5 Å². The molecule has 0 aliphatic heterocycles. The molecule has 1 atom stereocenters. The molecule has 1 N–H and O–H groups in total. The van der Waals surface area contributed by atoms with Gasteiger partial charge >= 0.3 is 0 Å². The van der Waals surface area contributed by atoms with Crippen molar-refractivity contribution in [2.75, 3.05) is 7.05 Å². The molecule has 0 radical (unpaired) electrons. The van der Waals surface area contributed by atoms with Crippen molar-refractivity contribution in [3.05, 3.63) is 42.1 Å². The van der Waals surface area contributed by atoms with E-state index in [1.54, 1.807) is 0 Å². The molecule has 0 amide bonds. The third-order valence-corrected chi connectivity index (χ3v) is 3.08. The van der Waals surface area contributed by atoms with Crippen LogP contribution in [0.2, 0.25) is 0 Å². The molecule has 16 heavy (non-hydrogen) atoms. The SMILES string of the molecule is CNC(C)CCc1ccnc2ccccc12. The van der Waals surface area contributed by atoms with E-state index in [0.29, 0.717) is 6.04 Å². The summed E-state index contributed by atoms with van der Waals surface area (Å²) in [6.07, 6.45) is 4.16. The summed E-state index contributed by atoms with van der Waals surface area (Å²) in [6.45, 7) is 2.21. The second kappa shape index (κ2) is 5.08. The largest absolute Gasteiger partial charge is 0.317 e. The Morgan fingerprint density at radius 1 is 1.25 bits per heavy atom. The number of aromatic nitrogens is 1. The molecule has 2 heteroatoms. The van der Waals surface area contributed by atoms with Crippen molar-refractivity contribution in [1.29, 1.82) is 0 Å². The van der Waals surface area contributed by atoms with Gasteiger partial charge in [0.25, 0.3) is 0 Å². The van der Waals surface area contributed by atoms with Crippen LogP contribution >= 0.6 is 0 Å². The summed E-state index contributed by atoms with van der Waals surface area (Å²) < 4.78 is 0. The Balaban J connectivity index is 2.23. The summed E-state index contributed by atoms with van der Waals surface area (Å²) in [6, 6.07) is 11.0. The van der Waals surface area contributed by atoms with E-state index >= 15 is 0 Å². The highest BCUT2D eigenvalue weighted by atomic mass is 14.8. The van der Waals surface area contributed by atoms with Gasteiger partial charge in [0.15, 0.2) is 0 Å². The normalized spacial score (nSPS) is 12.9. The number of hydrogen-bond donors (Lipinski definition) is 1. The number of aryl methyl sites for hydroxylation is 1. The maximum absolute atomic E-state index is 4.37. The molecule has 1 unspecified atom stereocenters. The van der Waals surface area contributed by atoms with Gasteiger partial charge in [-0.3, -0.25) is 4.98 Å². The van der Waals surface area contributed by atoms with E-state index in [1.165, 1.54) is 10.9 Å². The van der Waals surface area contributed by atoms with Crippen LogP contribution in [0.3, 0.4) is 0 Å². The van der Waals surface area contributed by atoms with Crippen molar-refractivity contribution in [2.24, 2.45) is 0 Å². The lowest BCUT2D eigenvalue weighted by molar-refractivity contribution is 0.566. The molecule has 0 fully saturated rings. The van der Waals surface area contributed by atoms with Gasteiger partial charge in [-0.15, -0.1) is 0 Å². The monoisotopic (exact) mass is 214 g/mol. The van der Waals surface area contributed by atoms with E-state index in [2.05, 4.69) is 41.5 Å². The third kappa shape index (κ3) is 2.39. The fraction of sp³-hybridized carbons (Fsp3) is 0.357. The first-order chi connectivity index (χ1) is 7.81. The maximum Gasteiger partial charge on any atom is 0.0704 e. The Morgan fingerprint density at radius 3 is 2.88 bits per heavy atom. The molecule has 2 aromatic rings. The molecular formula is C14H18N2. The van der Waals surface area contributed by atoms with Gasteiger partial charge in [0.05, 0.1) is 5.52 Å². The number of para-hydroxylation sites is 1. The molecule has 1 aromatic carbocycles. The van der Waals surface area contributed by atoms with Crippen LogP contribution in [0.5, 0.6) is 0 Å². The van der Waals surface area contributed by atoms with Gasteiger partial charge in [-0.25, -0.2) is 0 Å². The molecule has 0 saturated carbocycles. The molecule has 2 rings (SSSR count). The van der Waals surface area contributed by atoms with Crippen LogP contribution in [-0.2, 0) is 6.42 Å². The fourth-order valence-corrected chi connectivity index (χ4v) is 1.89. The minimum atomic E-state index is 0.562. The Kier molecular flexibility index (Phi) is 3.52. The zero-order valence-corrected chi connectivity index (χ0v) is 9.90. The molecule has 0 bridgehead atoms. The third-order valence-electron chi connectivity index (χ3n) is 3.08. The van der Waals surface area contributed by atoms with Gasteiger partial charge < -0.3 is 5.32 Å². The summed E-state index contributed by atoms with van der Waals surface area (Å²) in [7, 11) is 2.01. The molecular weight excluding hydrogens is 196 g/mol. The second-order valence-corrected chi connectivity index (χ2v) is 4.22. The number of pyridine rings is 1. The van der Waals surface area contributed by atoms with Gasteiger partial charge in [0.2, 0.25) is 0 Å². The van der Waals surface area contributed by atoms with Gasteiger partial charge in [-0.2, -0.15) is 0 Å². The van der Waals surface area contributed by atoms with Crippen LogP contribution in [0, 0.1) is 0 Å². The lowest BCUT2D eigenvalue weighted by Gasteiger charge is -2.10. The van der Waals surface area contributed by atoms with Crippen molar-refractivity contribution >= 4 is 10.9 Å². The number of nitrogens with one attached hydrogen (secondary N) is 1. The summed E-state index contributed by atoms with van der Waals surface area (Å²) in [4.78, 5) is 4.37. The highest BCUT2D eigenvalue weighted by molar-refractivity contribution is 5.81.